The SMILES string of the molecule is CCC(C)(C)n1nnnc1[C@H](c1cc2cc(OC)c(OC)cc2[nH]c1=O)N1CCC(Cc2ccccc2)CC1. The Morgan fingerprint density at radius 3 is 2.41 bits per heavy atom. The molecule has 0 amide bonds. The third-order valence-corrected chi connectivity index (χ3v) is 8.23. The van der Waals surface area contributed by atoms with E-state index in [0.29, 0.717) is 34.3 Å². The molecule has 1 aliphatic heterocycles. The van der Waals surface area contributed by atoms with Gasteiger partial charge in [0.15, 0.2) is 17.3 Å². The lowest BCUT2D eigenvalue weighted by Crippen LogP contribution is -2.42. The molecule has 0 radical (unpaired) electrons. The number of nitrogens with zero attached hydrogens (tertiary/aromatic N) is 5. The Labute approximate surface area is 229 Å². The van der Waals surface area contributed by atoms with Gasteiger partial charge in [-0.25, -0.2) is 4.68 Å². The molecule has 1 saturated heterocycles. The van der Waals surface area contributed by atoms with Crippen LogP contribution in [0.1, 0.15) is 63.0 Å². The van der Waals surface area contributed by atoms with Crippen molar-refractivity contribution in [2.75, 3.05) is 27.3 Å². The first-order chi connectivity index (χ1) is 18.8. The number of aromatic nitrogens is 5. The number of aromatic amines is 1. The Balaban J connectivity index is 1.55. The second kappa shape index (κ2) is 11.2. The number of H-pyrrole nitrogens is 1. The minimum atomic E-state index is -0.384. The molecule has 206 valence electrons. The second-order valence-corrected chi connectivity index (χ2v) is 11.0. The highest BCUT2D eigenvalue weighted by molar-refractivity contribution is 5.83. The number of methoxy groups -OCH3 is 2. The molecule has 0 bridgehead atoms. The molecule has 1 N–H and O–H groups in total. The summed E-state index contributed by atoms with van der Waals surface area (Å²) in [6.45, 7) is 8.07. The van der Waals surface area contributed by atoms with Crippen molar-refractivity contribution in [2.24, 2.45) is 5.92 Å². The Morgan fingerprint density at radius 2 is 1.74 bits per heavy atom. The number of likely N-dealkylation sites (tertiary alicyclic amines) is 1. The van der Waals surface area contributed by atoms with Gasteiger partial charge in [0.1, 0.15) is 6.04 Å². The molecule has 1 fully saturated rings. The van der Waals surface area contributed by atoms with Gasteiger partial charge in [-0.3, -0.25) is 9.69 Å². The number of benzene rings is 2. The van der Waals surface area contributed by atoms with E-state index in [-0.39, 0.29) is 17.1 Å². The van der Waals surface area contributed by atoms with Crippen LogP contribution in [0.2, 0.25) is 0 Å². The molecule has 3 heterocycles. The molecule has 9 heteroatoms. The van der Waals surface area contributed by atoms with Gasteiger partial charge in [-0.05, 0) is 86.7 Å². The van der Waals surface area contributed by atoms with E-state index in [2.05, 4.69) is 76.5 Å². The van der Waals surface area contributed by atoms with Crippen molar-refractivity contribution in [2.45, 2.75) is 58.0 Å². The normalized spacial score (nSPS) is 15.9. The summed E-state index contributed by atoms with van der Waals surface area (Å²) in [5, 5.41) is 13.8. The summed E-state index contributed by atoms with van der Waals surface area (Å²) in [5.74, 6) is 2.46. The number of nitrogens with one attached hydrogen (secondary N) is 1. The lowest BCUT2D eigenvalue weighted by molar-refractivity contribution is 0.137. The first-order valence-electron chi connectivity index (χ1n) is 13.7. The molecule has 0 aliphatic carbocycles. The van der Waals surface area contributed by atoms with Crippen LogP contribution in [-0.4, -0.2) is 57.4 Å². The van der Waals surface area contributed by atoms with Crippen LogP contribution in [0, 0.1) is 5.92 Å². The van der Waals surface area contributed by atoms with E-state index < -0.39 is 0 Å². The van der Waals surface area contributed by atoms with Crippen molar-refractivity contribution in [3.63, 3.8) is 0 Å². The monoisotopic (exact) mass is 530 g/mol. The van der Waals surface area contributed by atoms with E-state index in [1.165, 1.54) is 5.56 Å². The number of pyridine rings is 1. The minimum absolute atomic E-state index is 0.157. The summed E-state index contributed by atoms with van der Waals surface area (Å²) in [5.41, 5.74) is 2.23. The summed E-state index contributed by atoms with van der Waals surface area (Å²) < 4.78 is 12.9. The van der Waals surface area contributed by atoms with Gasteiger partial charge in [-0.1, -0.05) is 37.3 Å². The number of fused-ring (bicyclic) bond motifs is 1. The molecule has 0 saturated carbocycles. The fraction of sp³-hybridized carbons (Fsp3) is 0.467. The number of hydrogen-bond donors (Lipinski definition) is 1. The van der Waals surface area contributed by atoms with Crippen molar-refractivity contribution < 1.29 is 9.47 Å². The van der Waals surface area contributed by atoms with E-state index in [1.807, 2.05) is 16.8 Å². The maximum atomic E-state index is 13.7. The fourth-order valence-corrected chi connectivity index (χ4v) is 5.56. The fourth-order valence-electron chi connectivity index (χ4n) is 5.56. The molecule has 39 heavy (non-hydrogen) atoms. The topological polar surface area (TPSA) is 98.2 Å². The molecule has 1 atom stereocenters. The lowest BCUT2D eigenvalue weighted by atomic mass is 9.88. The Hall–Kier alpha value is -3.72. The molecular formula is C30H38N6O3. The van der Waals surface area contributed by atoms with Gasteiger partial charge in [0, 0.05) is 17.0 Å². The number of piperidine rings is 1. The number of rotatable bonds is 9. The minimum Gasteiger partial charge on any atom is -0.493 e. The molecule has 0 unspecified atom stereocenters. The summed E-state index contributed by atoms with van der Waals surface area (Å²) in [6, 6.07) is 15.9. The first-order valence-corrected chi connectivity index (χ1v) is 13.7. The zero-order valence-corrected chi connectivity index (χ0v) is 23.5. The molecule has 5 rings (SSSR count). The second-order valence-electron chi connectivity index (χ2n) is 11.0. The average molecular weight is 531 g/mol. The van der Waals surface area contributed by atoms with Crippen LogP contribution in [0.4, 0.5) is 0 Å². The molecule has 9 nitrogen and oxygen atoms in total. The first kappa shape index (κ1) is 26.9. The van der Waals surface area contributed by atoms with Crippen molar-refractivity contribution in [3.05, 3.63) is 75.8 Å². The summed E-state index contributed by atoms with van der Waals surface area (Å²) in [6.07, 6.45) is 4.00. The van der Waals surface area contributed by atoms with Gasteiger partial charge in [-0.2, -0.15) is 0 Å². The van der Waals surface area contributed by atoms with Gasteiger partial charge in [0.2, 0.25) is 0 Å². The van der Waals surface area contributed by atoms with E-state index in [9.17, 15) is 4.79 Å². The van der Waals surface area contributed by atoms with Crippen LogP contribution in [0.15, 0.2) is 53.3 Å². The van der Waals surface area contributed by atoms with Crippen molar-refractivity contribution in [3.8, 4) is 11.5 Å². The summed E-state index contributed by atoms with van der Waals surface area (Å²) >= 11 is 0. The maximum absolute atomic E-state index is 13.7. The zero-order chi connectivity index (χ0) is 27.6. The smallest absolute Gasteiger partial charge is 0.253 e. The van der Waals surface area contributed by atoms with Gasteiger partial charge < -0.3 is 14.5 Å². The molecule has 1 aliphatic rings. The van der Waals surface area contributed by atoms with E-state index in [0.717, 1.165) is 44.2 Å². The summed E-state index contributed by atoms with van der Waals surface area (Å²) in [7, 11) is 3.20. The maximum Gasteiger partial charge on any atom is 0.253 e. The van der Waals surface area contributed by atoms with Crippen LogP contribution in [0.3, 0.4) is 0 Å². The van der Waals surface area contributed by atoms with Crippen LogP contribution >= 0.6 is 0 Å². The Bertz CT molecular complexity index is 1470. The van der Waals surface area contributed by atoms with Crippen LogP contribution in [0.5, 0.6) is 11.5 Å². The number of ether oxygens (including phenoxy) is 2. The van der Waals surface area contributed by atoms with Crippen LogP contribution < -0.4 is 15.0 Å². The predicted octanol–water partition coefficient (Wildman–Crippen LogP) is 4.72. The Kier molecular flexibility index (Phi) is 7.70. The molecule has 2 aromatic heterocycles. The van der Waals surface area contributed by atoms with Gasteiger partial charge in [-0.15, -0.1) is 5.10 Å². The van der Waals surface area contributed by atoms with Crippen LogP contribution in [-0.2, 0) is 12.0 Å². The highest BCUT2D eigenvalue weighted by Crippen LogP contribution is 2.36. The lowest BCUT2D eigenvalue weighted by Gasteiger charge is -2.38. The standard InChI is InChI=1S/C30H38N6O3/c1-6-30(2,3)36-28(32-33-34-36)27(35-14-12-21(13-15-35)16-20-10-8-7-9-11-20)23-17-22-18-25(38-4)26(39-5)19-24(22)31-29(23)37/h7-11,17-19,21,27H,6,12-16H2,1-5H3,(H,31,37)/t27-/m0/s1. The van der Waals surface area contributed by atoms with Crippen molar-refractivity contribution in [1.29, 1.82) is 0 Å². The molecular weight excluding hydrogens is 492 g/mol. The number of hydrogen-bond acceptors (Lipinski definition) is 7. The summed E-state index contributed by atoms with van der Waals surface area (Å²) in [4.78, 5) is 19.1. The zero-order valence-electron chi connectivity index (χ0n) is 23.5. The van der Waals surface area contributed by atoms with Crippen molar-refractivity contribution >= 4 is 10.9 Å². The molecule has 2 aromatic carbocycles. The highest BCUT2D eigenvalue weighted by atomic mass is 16.5. The average Bonchev–Trinajstić information content (AvgIpc) is 3.45. The largest absolute Gasteiger partial charge is 0.493 e. The third-order valence-electron chi connectivity index (χ3n) is 8.23. The number of tetrazole rings is 1. The molecule has 4 aromatic rings. The van der Waals surface area contributed by atoms with Crippen molar-refractivity contribution in [1.82, 2.24) is 30.1 Å². The highest BCUT2D eigenvalue weighted by Gasteiger charge is 2.36. The molecule has 0 spiro atoms. The van der Waals surface area contributed by atoms with Gasteiger partial charge >= 0.3 is 0 Å². The van der Waals surface area contributed by atoms with E-state index >= 15 is 0 Å². The Morgan fingerprint density at radius 1 is 1.05 bits per heavy atom. The van der Waals surface area contributed by atoms with Gasteiger partial charge in [0.05, 0.1) is 25.3 Å². The quantitative estimate of drug-likeness (QED) is 0.334. The van der Waals surface area contributed by atoms with E-state index in [4.69, 9.17) is 9.47 Å². The van der Waals surface area contributed by atoms with Crippen LogP contribution in [0.25, 0.3) is 10.9 Å². The third kappa shape index (κ3) is 5.41. The predicted molar refractivity (Wildman–Crippen MR) is 151 cm³/mol. The van der Waals surface area contributed by atoms with Gasteiger partial charge in [0.25, 0.3) is 5.56 Å². The van der Waals surface area contributed by atoms with E-state index in [1.54, 1.807) is 20.3 Å².